The summed E-state index contributed by atoms with van der Waals surface area (Å²) in [6, 6.07) is 5.37. The summed E-state index contributed by atoms with van der Waals surface area (Å²) in [6.07, 6.45) is 1.46. The molecule has 0 saturated carbocycles. The van der Waals surface area contributed by atoms with Gasteiger partial charge in [-0.1, -0.05) is 11.6 Å². The lowest BCUT2D eigenvalue weighted by molar-refractivity contribution is -0.129. The van der Waals surface area contributed by atoms with Crippen molar-refractivity contribution >= 4 is 23.2 Å². The number of anilines is 1. The van der Waals surface area contributed by atoms with E-state index in [1.54, 1.807) is 25.3 Å². The highest BCUT2D eigenvalue weighted by molar-refractivity contribution is 6.30. The molecule has 1 atom stereocenters. The van der Waals surface area contributed by atoms with E-state index in [4.69, 9.17) is 22.1 Å². The lowest BCUT2D eigenvalue weighted by Crippen LogP contribution is -2.31. The Morgan fingerprint density at radius 3 is 3.05 bits per heavy atom. The molecule has 5 nitrogen and oxygen atoms in total. The zero-order valence-corrected chi connectivity index (χ0v) is 13.0. The van der Waals surface area contributed by atoms with E-state index < -0.39 is 0 Å². The molecule has 21 heavy (non-hydrogen) atoms. The van der Waals surface area contributed by atoms with Crippen molar-refractivity contribution in [2.75, 3.05) is 38.6 Å². The van der Waals surface area contributed by atoms with Crippen LogP contribution in [0.1, 0.15) is 12.8 Å². The first-order chi connectivity index (χ1) is 10.1. The second-order valence-electron chi connectivity index (χ2n) is 5.25. The second-order valence-corrected chi connectivity index (χ2v) is 5.69. The number of amides is 1. The molecule has 3 N–H and O–H groups in total. The molecule has 1 aromatic rings. The summed E-state index contributed by atoms with van der Waals surface area (Å²) in [5.74, 6) is 1.34. The summed E-state index contributed by atoms with van der Waals surface area (Å²) in [7, 11) is 1.61. The topological polar surface area (TPSA) is 67.6 Å². The Labute approximate surface area is 130 Å². The maximum absolute atomic E-state index is 12.1. The summed E-state index contributed by atoms with van der Waals surface area (Å²) in [6.45, 7) is 2.82. The van der Waals surface area contributed by atoms with E-state index in [1.165, 1.54) is 0 Å². The van der Waals surface area contributed by atoms with Crippen LogP contribution in [0.4, 0.5) is 5.69 Å². The highest BCUT2D eigenvalue weighted by atomic mass is 35.5. The van der Waals surface area contributed by atoms with Gasteiger partial charge in [-0.2, -0.15) is 0 Å². The van der Waals surface area contributed by atoms with Crippen molar-refractivity contribution in [1.82, 2.24) is 4.90 Å². The Bertz CT molecular complexity index is 496. The zero-order chi connectivity index (χ0) is 15.2. The number of carbonyl (C=O) groups excluding carboxylic acids is 1. The third-order valence-electron chi connectivity index (χ3n) is 3.79. The fourth-order valence-corrected chi connectivity index (χ4v) is 2.70. The minimum atomic E-state index is 0.166. The molecule has 0 aromatic heterocycles. The van der Waals surface area contributed by atoms with Gasteiger partial charge in [-0.05, 0) is 37.1 Å². The number of benzene rings is 1. The van der Waals surface area contributed by atoms with Gasteiger partial charge in [0.05, 0.1) is 12.8 Å². The number of methoxy groups -OCH3 is 1. The van der Waals surface area contributed by atoms with Crippen LogP contribution in [0.25, 0.3) is 0 Å². The van der Waals surface area contributed by atoms with Crippen molar-refractivity contribution in [3.63, 3.8) is 0 Å². The molecule has 6 heteroatoms. The van der Waals surface area contributed by atoms with Crippen LogP contribution < -0.4 is 15.8 Å². The van der Waals surface area contributed by atoms with Crippen LogP contribution in [0.2, 0.25) is 5.02 Å². The third-order valence-corrected chi connectivity index (χ3v) is 4.02. The number of nitrogens with one attached hydrogen (secondary N) is 1. The fraction of sp³-hybridized carbons (Fsp3) is 0.533. The molecule has 1 aliphatic heterocycles. The van der Waals surface area contributed by atoms with Crippen molar-refractivity contribution in [3.05, 3.63) is 23.2 Å². The Morgan fingerprint density at radius 2 is 2.38 bits per heavy atom. The average molecular weight is 312 g/mol. The summed E-state index contributed by atoms with van der Waals surface area (Å²) in [5.41, 5.74) is 6.45. The maximum Gasteiger partial charge on any atom is 0.224 e. The minimum Gasteiger partial charge on any atom is -0.495 e. The Morgan fingerprint density at radius 1 is 1.57 bits per heavy atom. The van der Waals surface area contributed by atoms with Crippen molar-refractivity contribution in [2.24, 2.45) is 11.7 Å². The quantitative estimate of drug-likeness (QED) is 0.843. The lowest BCUT2D eigenvalue weighted by Gasteiger charge is -2.17. The van der Waals surface area contributed by atoms with Crippen LogP contribution in [0, 0.1) is 5.92 Å². The van der Waals surface area contributed by atoms with Gasteiger partial charge in [-0.25, -0.2) is 0 Å². The van der Waals surface area contributed by atoms with Gasteiger partial charge in [0, 0.05) is 31.1 Å². The monoisotopic (exact) mass is 311 g/mol. The summed E-state index contributed by atoms with van der Waals surface area (Å²) >= 11 is 5.97. The number of halogens is 1. The highest BCUT2D eigenvalue weighted by Gasteiger charge is 2.24. The van der Waals surface area contributed by atoms with Crippen LogP contribution in [0.15, 0.2) is 18.2 Å². The molecular weight excluding hydrogens is 290 g/mol. The second kappa shape index (κ2) is 7.52. The summed E-state index contributed by atoms with van der Waals surface area (Å²) < 4.78 is 5.26. The SMILES string of the molecule is COc1ccc(Cl)cc1NCCC(=O)N1CCC(CN)C1. The molecule has 1 fully saturated rings. The van der Waals surface area contributed by atoms with Crippen LogP contribution >= 0.6 is 11.6 Å². The normalized spacial score (nSPS) is 17.9. The molecule has 116 valence electrons. The molecule has 0 aliphatic carbocycles. The van der Waals surface area contributed by atoms with Crippen molar-refractivity contribution in [3.8, 4) is 5.75 Å². The van der Waals surface area contributed by atoms with Gasteiger partial charge >= 0.3 is 0 Å². The van der Waals surface area contributed by atoms with Crippen molar-refractivity contribution in [2.45, 2.75) is 12.8 Å². The first kappa shape index (κ1) is 15.9. The van der Waals surface area contributed by atoms with Crippen LogP contribution in [0.3, 0.4) is 0 Å². The van der Waals surface area contributed by atoms with Crippen LogP contribution in [0.5, 0.6) is 5.75 Å². The molecule has 0 spiro atoms. The standard InChI is InChI=1S/C15H22ClN3O2/c1-21-14-3-2-12(16)8-13(14)18-6-4-15(20)19-7-5-11(9-17)10-19/h2-3,8,11,18H,4-7,9-10,17H2,1H3. The highest BCUT2D eigenvalue weighted by Crippen LogP contribution is 2.27. The molecular formula is C15H22ClN3O2. The number of rotatable bonds is 6. The van der Waals surface area contributed by atoms with Gasteiger partial charge in [0.2, 0.25) is 5.91 Å². The zero-order valence-electron chi connectivity index (χ0n) is 12.3. The summed E-state index contributed by atoms with van der Waals surface area (Å²) in [4.78, 5) is 14.0. The van der Waals surface area contributed by atoms with Crippen LogP contribution in [-0.2, 0) is 4.79 Å². The predicted molar refractivity (Wildman–Crippen MR) is 84.9 cm³/mol. The summed E-state index contributed by atoms with van der Waals surface area (Å²) in [5, 5.41) is 3.84. The smallest absolute Gasteiger partial charge is 0.224 e. The molecule has 2 rings (SSSR count). The van der Waals surface area contributed by atoms with Crippen LogP contribution in [-0.4, -0.2) is 44.1 Å². The Hall–Kier alpha value is -1.46. The van der Waals surface area contributed by atoms with Gasteiger partial charge in [0.25, 0.3) is 0 Å². The van der Waals surface area contributed by atoms with Crippen molar-refractivity contribution in [1.29, 1.82) is 0 Å². The first-order valence-electron chi connectivity index (χ1n) is 7.19. The maximum atomic E-state index is 12.1. The Kier molecular flexibility index (Phi) is 5.70. The molecule has 1 heterocycles. The van der Waals surface area contributed by atoms with E-state index in [0.717, 1.165) is 30.9 Å². The fourth-order valence-electron chi connectivity index (χ4n) is 2.53. The van der Waals surface area contributed by atoms with E-state index in [-0.39, 0.29) is 5.91 Å². The molecule has 0 bridgehead atoms. The Balaban J connectivity index is 1.82. The number of hydrogen-bond acceptors (Lipinski definition) is 4. The average Bonchev–Trinajstić information content (AvgIpc) is 2.96. The number of nitrogens with two attached hydrogens (primary N) is 1. The number of nitrogens with zero attached hydrogens (tertiary/aromatic N) is 1. The molecule has 1 aromatic carbocycles. The predicted octanol–water partition coefficient (Wildman–Crippen LogP) is 1.96. The van der Waals surface area contributed by atoms with E-state index >= 15 is 0 Å². The molecule has 0 radical (unpaired) electrons. The largest absolute Gasteiger partial charge is 0.495 e. The number of hydrogen-bond donors (Lipinski definition) is 2. The first-order valence-corrected chi connectivity index (χ1v) is 7.57. The molecule has 1 saturated heterocycles. The number of ether oxygens (including phenoxy) is 1. The number of carbonyl (C=O) groups is 1. The van der Waals surface area contributed by atoms with Gasteiger partial charge in [-0.15, -0.1) is 0 Å². The minimum absolute atomic E-state index is 0.166. The van der Waals surface area contributed by atoms with E-state index in [9.17, 15) is 4.79 Å². The number of likely N-dealkylation sites (tertiary alicyclic amines) is 1. The van der Waals surface area contributed by atoms with Gasteiger partial charge in [-0.3, -0.25) is 4.79 Å². The molecule has 1 amide bonds. The molecule has 1 aliphatic rings. The van der Waals surface area contributed by atoms with Gasteiger partial charge < -0.3 is 20.7 Å². The third kappa shape index (κ3) is 4.25. The van der Waals surface area contributed by atoms with E-state index in [2.05, 4.69) is 5.32 Å². The lowest BCUT2D eigenvalue weighted by atomic mass is 10.1. The van der Waals surface area contributed by atoms with Gasteiger partial charge in [0.15, 0.2) is 0 Å². The van der Waals surface area contributed by atoms with Crippen molar-refractivity contribution < 1.29 is 9.53 Å². The van der Waals surface area contributed by atoms with E-state index in [0.29, 0.717) is 30.5 Å². The molecule has 1 unspecified atom stereocenters. The van der Waals surface area contributed by atoms with Gasteiger partial charge in [0.1, 0.15) is 5.75 Å². The van der Waals surface area contributed by atoms with E-state index in [1.807, 2.05) is 4.90 Å².